The average Bonchev–Trinajstić information content (AvgIpc) is 2.28. The average molecular weight is 260 g/mol. The fourth-order valence-corrected chi connectivity index (χ4v) is 1.48. The predicted octanol–water partition coefficient (Wildman–Crippen LogP) is 1.80. The summed E-state index contributed by atoms with van der Waals surface area (Å²) in [6.07, 6.45) is 3.41. The lowest BCUT2D eigenvalue weighted by molar-refractivity contribution is 0.0954. The van der Waals surface area contributed by atoms with Crippen molar-refractivity contribution in [3.8, 4) is 0 Å². The molecule has 0 fully saturated rings. The number of pyridine rings is 1. The molecule has 1 rings (SSSR count). The van der Waals surface area contributed by atoms with E-state index >= 15 is 0 Å². The molecular formula is C10H14ClN3OS. The monoisotopic (exact) mass is 259 g/mol. The van der Waals surface area contributed by atoms with Crippen LogP contribution in [0.15, 0.2) is 12.3 Å². The van der Waals surface area contributed by atoms with Gasteiger partial charge in [0, 0.05) is 11.8 Å². The standard InChI is InChI=1S/C10H14ClN3OS/c1-6(16-2)4-14-10(15)8-3-7(12)5-13-9(8)11/h3,5-6H,4,12H2,1-2H3,(H,14,15). The van der Waals surface area contributed by atoms with Crippen molar-refractivity contribution in [1.29, 1.82) is 0 Å². The Balaban J connectivity index is 2.69. The molecule has 0 aliphatic carbocycles. The molecule has 0 bridgehead atoms. The summed E-state index contributed by atoms with van der Waals surface area (Å²) >= 11 is 7.49. The van der Waals surface area contributed by atoms with Gasteiger partial charge in [-0.2, -0.15) is 11.8 Å². The molecule has 0 aliphatic rings. The van der Waals surface area contributed by atoms with Crippen molar-refractivity contribution in [2.75, 3.05) is 18.5 Å². The number of carbonyl (C=O) groups excluding carboxylic acids is 1. The summed E-state index contributed by atoms with van der Waals surface area (Å²) in [7, 11) is 0. The number of rotatable bonds is 4. The first-order valence-electron chi connectivity index (χ1n) is 4.76. The maximum absolute atomic E-state index is 11.7. The zero-order valence-electron chi connectivity index (χ0n) is 9.16. The SMILES string of the molecule is CSC(C)CNC(=O)c1cc(N)cnc1Cl. The highest BCUT2D eigenvalue weighted by Gasteiger charge is 2.12. The van der Waals surface area contributed by atoms with Crippen molar-refractivity contribution in [2.24, 2.45) is 0 Å². The first-order valence-corrected chi connectivity index (χ1v) is 6.43. The molecule has 16 heavy (non-hydrogen) atoms. The second-order valence-corrected chi connectivity index (χ2v) is 5.00. The van der Waals surface area contributed by atoms with Gasteiger partial charge in [-0.3, -0.25) is 4.79 Å². The first-order chi connectivity index (χ1) is 7.54. The third-order valence-electron chi connectivity index (χ3n) is 2.06. The minimum Gasteiger partial charge on any atom is -0.397 e. The Morgan fingerprint density at radius 2 is 2.44 bits per heavy atom. The Labute approximate surface area is 104 Å². The van der Waals surface area contributed by atoms with E-state index in [2.05, 4.69) is 10.3 Å². The van der Waals surface area contributed by atoms with E-state index in [1.165, 1.54) is 12.3 Å². The van der Waals surface area contributed by atoms with E-state index in [1.54, 1.807) is 11.8 Å². The quantitative estimate of drug-likeness (QED) is 0.809. The van der Waals surface area contributed by atoms with E-state index in [9.17, 15) is 4.79 Å². The van der Waals surface area contributed by atoms with Crippen molar-refractivity contribution in [3.05, 3.63) is 23.0 Å². The van der Waals surface area contributed by atoms with Gasteiger partial charge in [0.2, 0.25) is 0 Å². The second kappa shape index (κ2) is 5.96. The number of carbonyl (C=O) groups is 1. The van der Waals surface area contributed by atoms with Crippen LogP contribution in [0.3, 0.4) is 0 Å². The van der Waals surface area contributed by atoms with Crippen molar-refractivity contribution in [3.63, 3.8) is 0 Å². The van der Waals surface area contributed by atoms with Crippen LogP contribution in [0.2, 0.25) is 5.15 Å². The molecule has 1 aromatic rings. The molecule has 3 N–H and O–H groups in total. The van der Waals surface area contributed by atoms with E-state index < -0.39 is 0 Å². The largest absolute Gasteiger partial charge is 0.397 e. The number of nitrogen functional groups attached to an aromatic ring is 1. The zero-order valence-corrected chi connectivity index (χ0v) is 10.7. The molecule has 0 spiro atoms. The van der Waals surface area contributed by atoms with Gasteiger partial charge in [0.05, 0.1) is 17.4 Å². The van der Waals surface area contributed by atoms with Gasteiger partial charge in [0.25, 0.3) is 5.91 Å². The third-order valence-corrected chi connectivity index (χ3v) is 3.33. The van der Waals surface area contributed by atoms with Crippen LogP contribution in [-0.4, -0.2) is 28.9 Å². The molecular weight excluding hydrogens is 246 g/mol. The van der Waals surface area contributed by atoms with Crippen LogP contribution in [0.25, 0.3) is 0 Å². The van der Waals surface area contributed by atoms with E-state index in [0.29, 0.717) is 23.0 Å². The Bertz CT molecular complexity index is 386. The number of amides is 1. The lowest BCUT2D eigenvalue weighted by atomic mass is 10.2. The molecule has 0 aromatic carbocycles. The zero-order chi connectivity index (χ0) is 12.1. The lowest BCUT2D eigenvalue weighted by Gasteiger charge is -2.10. The van der Waals surface area contributed by atoms with Gasteiger partial charge in [-0.15, -0.1) is 0 Å². The number of nitrogens with two attached hydrogens (primary N) is 1. The van der Waals surface area contributed by atoms with Crippen LogP contribution >= 0.6 is 23.4 Å². The predicted molar refractivity (Wildman–Crippen MR) is 69.0 cm³/mol. The summed E-state index contributed by atoms with van der Waals surface area (Å²) in [6.45, 7) is 2.62. The Morgan fingerprint density at radius 3 is 3.06 bits per heavy atom. The maximum Gasteiger partial charge on any atom is 0.254 e. The topological polar surface area (TPSA) is 68.0 Å². The number of hydrogen-bond acceptors (Lipinski definition) is 4. The van der Waals surface area contributed by atoms with Crippen LogP contribution in [0, 0.1) is 0 Å². The van der Waals surface area contributed by atoms with Gasteiger partial charge in [-0.25, -0.2) is 4.98 Å². The number of nitrogens with zero attached hydrogens (tertiary/aromatic N) is 1. The Kier molecular flexibility index (Phi) is 4.89. The van der Waals surface area contributed by atoms with Crippen LogP contribution in [-0.2, 0) is 0 Å². The van der Waals surface area contributed by atoms with Crippen molar-refractivity contribution in [1.82, 2.24) is 10.3 Å². The number of halogens is 1. The summed E-state index contributed by atoms with van der Waals surface area (Å²) in [5.74, 6) is -0.245. The smallest absolute Gasteiger partial charge is 0.254 e. The van der Waals surface area contributed by atoms with Crippen LogP contribution in [0.5, 0.6) is 0 Å². The van der Waals surface area contributed by atoms with Gasteiger partial charge in [-0.1, -0.05) is 18.5 Å². The van der Waals surface area contributed by atoms with E-state index in [1.807, 2.05) is 13.2 Å². The Morgan fingerprint density at radius 1 is 1.75 bits per heavy atom. The number of aromatic nitrogens is 1. The summed E-state index contributed by atoms with van der Waals surface area (Å²) in [4.78, 5) is 15.6. The van der Waals surface area contributed by atoms with Gasteiger partial charge < -0.3 is 11.1 Å². The van der Waals surface area contributed by atoms with Crippen molar-refractivity contribution >= 4 is 35.0 Å². The molecule has 6 heteroatoms. The normalized spacial score (nSPS) is 12.2. The Hall–Kier alpha value is -0.940. The molecule has 4 nitrogen and oxygen atoms in total. The number of anilines is 1. The minimum absolute atomic E-state index is 0.170. The van der Waals surface area contributed by atoms with Crippen molar-refractivity contribution in [2.45, 2.75) is 12.2 Å². The van der Waals surface area contributed by atoms with Crippen LogP contribution in [0.1, 0.15) is 17.3 Å². The highest BCUT2D eigenvalue weighted by atomic mass is 35.5. The molecule has 1 aromatic heterocycles. The molecule has 1 atom stereocenters. The molecule has 1 amide bonds. The highest BCUT2D eigenvalue weighted by molar-refractivity contribution is 7.99. The number of hydrogen-bond donors (Lipinski definition) is 2. The van der Waals surface area contributed by atoms with E-state index in [4.69, 9.17) is 17.3 Å². The van der Waals surface area contributed by atoms with Crippen molar-refractivity contribution < 1.29 is 4.79 Å². The van der Waals surface area contributed by atoms with Gasteiger partial charge >= 0.3 is 0 Å². The van der Waals surface area contributed by atoms with Gasteiger partial charge in [0.1, 0.15) is 5.15 Å². The molecule has 0 saturated heterocycles. The molecule has 1 unspecified atom stereocenters. The summed E-state index contributed by atoms with van der Waals surface area (Å²) in [5.41, 5.74) is 6.28. The van der Waals surface area contributed by atoms with Gasteiger partial charge in [0.15, 0.2) is 0 Å². The lowest BCUT2D eigenvalue weighted by Crippen LogP contribution is -2.29. The van der Waals surface area contributed by atoms with Crippen LogP contribution in [0.4, 0.5) is 5.69 Å². The molecule has 0 radical (unpaired) electrons. The second-order valence-electron chi connectivity index (χ2n) is 3.36. The minimum atomic E-state index is -0.245. The number of thioether (sulfide) groups is 1. The fourth-order valence-electron chi connectivity index (χ4n) is 1.04. The molecule has 0 saturated carbocycles. The van der Waals surface area contributed by atoms with E-state index in [0.717, 1.165) is 0 Å². The first kappa shape index (κ1) is 13.1. The van der Waals surface area contributed by atoms with E-state index in [-0.39, 0.29) is 11.1 Å². The molecule has 0 aliphatic heterocycles. The molecule has 88 valence electrons. The van der Waals surface area contributed by atoms with Crippen LogP contribution < -0.4 is 11.1 Å². The fraction of sp³-hybridized carbons (Fsp3) is 0.400. The van der Waals surface area contributed by atoms with Gasteiger partial charge in [-0.05, 0) is 12.3 Å². The third kappa shape index (κ3) is 3.57. The summed E-state index contributed by atoms with van der Waals surface area (Å²) < 4.78 is 0. The summed E-state index contributed by atoms with van der Waals surface area (Å²) in [6, 6.07) is 1.52. The number of nitrogens with one attached hydrogen (secondary N) is 1. The molecule has 1 heterocycles. The highest BCUT2D eigenvalue weighted by Crippen LogP contribution is 2.15. The maximum atomic E-state index is 11.7. The summed E-state index contributed by atoms with van der Waals surface area (Å²) in [5, 5.41) is 3.31.